The fourth-order valence-corrected chi connectivity index (χ4v) is 6.32. The summed E-state index contributed by atoms with van der Waals surface area (Å²) in [4.78, 5) is 7.38. The van der Waals surface area contributed by atoms with Crippen LogP contribution in [0.3, 0.4) is 0 Å². The van der Waals surface area contributed by atoms with Gasteiger partial charge in [-0.25, -0.2) is 9.67 Å². The molecule has 0 amide bonds. The summed E-state index contributed by atoms with van der Waals surface area (Å²) >= 11 is 1.67. The first-order valence-electron chi connectivity index (χ1n) is 10.4. The van der Waals surface area contributed by atoms with Crippen LogP contribution in [0.4, 0.5) is 5.82 Å². The third kappa shape index (κ3) is 2.33. The predicted octanol–water partition coefficient (Wildman–Crippen LogP) is 4.78. The molecule has 2 atom stereocenters. The second-order valence-corrected chi connectivity index (χ2v) is 9.26. The van der Waals surface area contributed by atoms with Gasteiger partial charge in [0.05, 0.1) is 33.7 Å². The van der Waals surface area contributed by atoms with Gasteiger partial charge in [0.2, 0.25) is 0 Å². The van der Waals surface area contributed by atoms with E-state index in [-0.39, 0.29) is 6.04 Å². The minimum absolute atomic E-state index is 0.120. The van der Waals surface area contributed by atoms with Gasteiger partial charge in [0, 0.05) is 18.5 Å². The number of thiazole rings is 1. The highest BCUT2D eigenvalue weighted by Gasteiger charge is 2.53. The lowest BCUT2D eigenvalue weighted by atomic mass is 9.73. The number of anilines is 1. The van der Waals surface area contributed by atoms with E-state index in [2.05, 4.69) is 40.8 Å². The average molecular weight is 412 g/mol. The molecule has 2 aromatic heterocycles. The molecule has 1 saturated heterocycles. The van der Waals surface area contributed by atoms with Crippen LogP contribution in [-0.2, 0) is 11.8 Å². The first-order valence-corrected chi connectivity index (χ1v) is 11.2. The normalized spacial score (nSPS) is 22.7. The largest absolute Gasteiger partial charge is 0.351 e. The van der Waals surface area contributed by atoms with Gasteiger partial charge in [-0.2, -0.15) is 10.4 Å². The first-order chi connectivity index (χ1) is 14.7. The second-order valence-electron chi connectivity index (χ2n) is 8.23. The number of aryl methyl sites for hydroxylation is 1. The van der Waals surface area contributed by atoms with Gasteiger partial charge in [-0.1, -0.05) is 30.3 Å². The third-order valence-corrected chi connectivity index (χ3v) is 7.80. The third-order valence-electron chi connectivity index (χ3n) is 6.58. The van der Waals surface area contributed by atoms with Gasteiger partial charge in [0.1, 0.15) is 16.2 Å². The fraction of sp³-hybridized carbons (Fsp3) is 0.292. The van der Waals surface area contributed by atoms with Gasteiger partial charge in [-0.3, -0.25) is 0 Å². The highest BCUT2D eigenvalue weighted by Crippen LogP contribution is 2.50. The van der Waals surface area contributed by atoms with Crippen molar-refractivity contribution in [3.63, 3.8) is 0 Å². The lowest BCUT2D eigenvalue weighted by Crippen LogP contribution is -2.52. The minimum Gasteiger partial charge on any atom is -0.351 e. The van der Waals surface area contributed by atoms with Crippen molar-refractivity contribution in [2.45, 2.75) is 37.6 Å². The van der Waals surface area contributed by atoms with E-state index in [1.807, 2.05) is 36.4 Å². The molecule has 6 heteroatoms. The number of benzene rings is 2. The van der Waals surface area contributed by atoms with Crippen LogP contribution < -0.4 is 4.90 Å². The Bertz CT molecular complexity index is 1270. The maximum absolute atomic E-state index is 10.6. The topological polar surface area (TPSA) is 57.7 Å². The number of nitriles is 1. The molecule has 5 nitrogen and oxygen atoms in total. The summed E-state index contributed by atoms with van der Waals surface area (Å²) in [5, 5.41) is 16.4. The number of rotatable bonds is 2. The van der Waals surface area contributed by atoms with Gasteiger partial charge >= 0.3 is 0 Å². The summed E-state index contributed by atoms with van der Waals surface area (Å²) in [6.45, 7) is 3.01. The maximum Gasteiger partial charge on any atom is 0.136 e. The van der Waals surface area contributed by atoms with Gasteiger partial charge in [-0.15, -0.1) is 11.3 Å². The zero-order chi connectivity index (χ0) is 20.3. The quantitative estimate of drug-likeness (QED) is 0.476. The van der Waals surface area contributed by atoms with Gasteiger partial charge in [0.25, 0.3) is 0 Å². The molecule has 6 rings (SSSR count). The van der Waals surface area contributed by atoms with Crippen molar-refractivity contribution in [2.75, 3.05) is 11.4 Å². The zero-order valence-corrected chi connectivity index (χ0v) is 17.6. The Hall–Kier alpha value is -3.17. The van der Waals surface area contributed by atoms with Crippen LogP contribution in [0.15, 0.2) is 54.6 Å². The summed E-state index contributed by atoms with van der Waals surface area (Å²) in [6, 6.07) is 21.4. The Morgan fingerprint density at radius 2 is 1.93 bits per heavy atom. The summed E-state index contributed by atoms with van der Waals surface area (Å²) in [6.07, 6.45) is 2.75. The first kappa shape index (κ1) is 17.7. The van der Waals surface area contributed by atoms with E-state index >= 15 is 0 Å². The minimum atomic E-state index is -0.636. The van der Waals surface area contributed by atoms with E-state index in [1.165, 1.54) is 5.56 Å². The zero-order valence-electron chi connectivity index (χ0n) is 16.7. The molecule has 0 unspecified atom stereocenters. The molecule has 2 aromatic carbocycles. The Kier molecular flexibility index (Phi) is 3.78. The van der Waals surface area contributed by atoms with E-state index in [1.54, 1.807) is 11.3 Å². The molecular formula is C24H21N5S. The number of nitrogens with zero attached hydrogens (tertiary/aromatic N) is 5. The number of fused-ring (bicyclic) bond motifs is 4. The lowest BCUT2D eigenvalue weighted by Gasteiger charge is -2.42. The number of para-hydroxylation sites is 2. The van der Waals surface area contributed by atoms with Crippen LogP contribution in [-0.4, -0.2) is 27.4 Å². The highest BCUT2D eigenvalue weighted by atomic mass is 32.1. The van der Waals surface area contributed by atoms with E-state index in [0.29, 0.717) is 6.42 Å². The summed E-state index contributed by atoms with van der Waals surface area (Å²) in [5.41, 5.74) is 3.59. The van der Waals surface area contributed by atoms with Crippen LogP contribution in [0.25, 0.3) is 15.9 Å². The Morgan fingerprint density at radius 3 is 2.73 bits per heavy atom. The molecule has 2 aliphatic rings. The SMILES string of the molecule is Cc1nn(-c2ccccc2)c2c1C[C@](C#N)(c1nc3ccccc3s1)[C@@H]1CCCN21. The Balaban J connectivity index is 1.57. The molecule has 148 valence electrons. The van der Waals surface area contributed by atoms with Crippen LogP contribution >= 0.6 is 11.3 Å². The van der Waals surface area contributed by atoms with Crippen LogP contribution in [0, 0.1) is 18.3 Å². The molecular weight excluding hydrogens is 390 g/mol. The summed E-state index contributed by atoms with van der Waals surface area (Å²) in [5.74, 6) is 1.16. The van der Waals surface area contributed by atoms with Gasteiger partial charge in [-0.05, 0) is 44.0 Å². The predicted molar refractivity (Wildman–Crippen MR) is 119 cm³/mol. The van der Waals surface area contributed by atoms with Crippen molar-refractivity contribution in [1.82, 2.24) is 14.8 Å². The standard InChI is InChI=1S/C24H21N5S/c1-16-18-14-24(15-25,23-26-19-10-5-6-11-20(19)30-23)21-12-7-13-28(21)22(18)29(27-16)17-8-3-2-4-9-17/h2-6,8-11,21H,7,12-14H2,1H3/t21-,24+/m0/s1. The summed E-state index contributed by atoms with van der Waals surface area (Å²) < 4.78 is 3.22. The van der Waals surface area contributed by atoms with Crippen molar-refractivity contribution in [3.05, 3.63) is 70.9 Å². The summed E-state index contributed by atoms with van der Waals surface area (Å²) in [7, 11) is 0. The molecule has 1 fully saturated rings. The highest BCUT2D eigenvalue weighted by molar-refractivity contribution is 7.18. The molecule has 4 heterocycles. The van der Waals surface area contributed by atoms with Crippen LogP contribution in [0.1, 0.15) is 29.1 Å². The van der Waals surface area contributed by atoms with E-state index < -0.39 is 5.41 Å². The van der Waals surface area contributed by atoms with E-state index in [4.69, 9.17) is 10.1 Å². The molecule has 0 radical (unpaired) electrons. The van der Waals surface area contributed by atoms with E-state index in [9.17, 15) is 5.26 Å². The second kappa shape index (κ2) is 6.41. The fourth-order valence-electron chi connectivity index (χ4n) is 5.17. The number of hydrogen-bond donors (Lipinski definition) is 0. The lowest BCUT2D eigenvalue weighted by molar-refractivity contribution is 0.405. The Labute approximate surface area is 179 Å². The molecule has 0 N–H and O–H groups in total. The molecule has 4 aromatic rings. The maximum atomic E-state index is 10.6. The monoisotopic (exact) mass is 411 g/mol. The van der Waals surface area contributed by atoms with Crippen molar-refractivity contribution < 1.29 is 0 Å². The van der Waals surface area contributed by atoms with Crippen molar-refractivity contribution in [3.8, 4) is 11.8 Å². The molecule has 2 aliphatic heterocycles. The van der Waals surface area contributed by atoms with Crippen LogP contribution in [0.5, 0.6) is 0 Å². The number of aromatic nitrogens is 3. The van der Waals surface area contributed by atoms with Crippen LogP contribution in [0.2, 0.25) is 0 Å². The van der Waals surface area contributed by atoms with Gasteiger partial charge in [0.15, 0.2) is 0 Å². The smallest absolute Gasteiger partial charge is 0.136 e. The van der Waals surface area contributed by atoms with Gasteiger partial charge < -0.3 is 4.90 Å². The average Bonchev–Trinajstić information content (AvgIpc) is 3.51. The molecule has 30 heavy (non-hydrogen) atoms. The van der Waals surface area contributed by atoms with Crippen molar-refractivity contribution in [2.24, 2.45) is 0 Å². The molecule has 0 aliphatic carbocycles. The molecule has 0 bridgehead atoms. The number of hydrogen-bond acceptors (Lipinski definition) is 5. The molecule has 0 saturated carbocycles. The molecule has 0 spiro atoms. The van der Waals surface area contributed by atoms with E-state index in [0.717, 1.165) is 51.8 Å². The van der Waals surface area contributed by atoms with Crippen molar-refractivity contribution >= 4 is 27.4 Å². The Morgan fingerprint density at radius 1 is 1.13 bits per heavy atom. The van der Waals surface area contributed by atoms with Crippen molar-refractivity contribution in [1.29, 1.82) is 5.26 Å².